The molecule has 3 heterocycles. The molecule has 1 fully saturated rings. The third kappa shape index (κ3) is 2.60. The zero-order valence-corrected chi connectivity index (χ0v) is 13.1. The fourth-order valence-electron chi connectivity index (χ4n) is 3.16. The number of aryl methyl sites for hydroxylation is 1. The molecular formula is C17H19N5O. The zero-order chi connectivity index (χ0) is 15.6. The quantitative estimate of drug-likeness (QED) is 0.802. The molecule has 118 valence electrons. The number of para-hydroxylation sites is 1. The van der Waals surface area contributed by atoms with Crippen LogP contribution in [0.3, 0.4) is 0 Å². The van der Waals surface area contributed by atoms with Gasteiger partial charge in [0.1, 0.15) is 24.2 Å². The van der Waals surface area contributed by atoms with Gasteiger partial charge in [-0.15, -0.1) is 0 Å². The first-order chi connectivity index (χ1) is 11.3. The first-order valence-corrected chi connectivity index (χ1v) is 7.92. The van der Waals surface area contributed by atoms with Crippen molar-refractivity contribution in [1.29, 1.82) is 0 Å². The number of anilines is 1. The maximum atomic E-state index is 6.06. The van der Waals surface area contributed by atoms with Gasteiger partial charge in [0.05, 0.1) is 12.4 Å². The Morgan fingerprint density at radius 1 is 1.26 bits per heavy atom. The highest BCUT2D eigenvalue weighted by molar-refractivity contribution is 5.83. The van der Waals surface area contributed by atoms with Crippen molar-refractivity contribution >= 4 is 17.0 Å². The largest absolute Gasteiger partial charge is 0.491 e. The van der Waals surface area contributed by atoms with Crippen LogP contribution in [0.5, 0.6) is 5.75 Å². The Bertz CT molecular complexity index is 815. The molecule has 2 aromatic heterocycles. The summed E-state index contributed by atoms with van der Waals surface area (Å²) in [6, 6.07) is 8.44. The van der Waals surface area contributed by atoms with Crippen LogP contribution in [0.1, 0.15) is 18.4 Å². The van der Waals surface area contributed by atoms with Gasteiger partial charge in [0, 0.05) is 6.54 Å². The van der Waals surface area contributed by atoms with Gasteiger partial charge in [-0.2, -0.15) is 0 Å². The molecular weight excluding hydrogens is 290 g/mol. The molecule has 6 nitrogen and oxygen atoms in total. The monoisotopic (exact) mass is 309 g/mol. The average molecular weight is 309 g/mol. The molecule has 4 rings (SSSR count). The number of nitrogens with one attached hydrogen (secondary N) is 1. The maximum Gasteiger partial charge on any atom is 0.182 e. The number of hydrogen-bond donors (Lipinski definition) is 1. The predicted molar refractivity (Wildman–Crippen MR) is 88.7 cm³/mol. The number of fused-ring (bicyclic) bond motifs is 1. The molecule has 23 heavy (non-hydrogen) atoms. The van der Waals surface area contributed by atoms with Crippen molar-refractivity contribution in [3.63, 3.8) is 0 Å². The second-order valence-corrected chi connectivity index (χ2v) is 5.86. The van der Waals surface area contributed by atoms with Crippen LogP contribution in [0.15, 0.2) is 36.9 Å². The number of imidazole rings is 1. The first-order valence-electron chi connectivity index (χ1n) is 7.92. The number of hydrogen-bond acceptors (Lipinski definition) is 5. The van der Waals surface area contributed by atoms with E-state index in [1.807, 2.05) is 18.2 Å². The fourth-order valence-corrected chi connectivity index (χ4v) is 3.16. The van der Waals surface area contributed by atoms with Crippen molar-refractivity contribution in [2.75, 3.05) is 18.1 Å². The molecule has 0 saturated carbocycles. The summed E-state index contributed by atoms with van der Waals surface area (Å²) in [4.78, 5) is 18.3. The molecule has 1 aliphatic heterocycles. The van der Waals surface area contributed by atoms with Crippen LogP contribution in [0.4, 0.5) is 5.82 Å². The number of benzene rings is 1. The Balaban J connectivity index is 1.55. The lowest BCUT2D eigenvalue weighted by molar-refractivity contribution is 0.286. The summed E-state index contributed by atoms with van der Waals surface area (Å²) in [5.74, 6) is 1.87. The molecule has 1 saturated heterocycles. The Morgan fingerprint density at radius 3 is 3.09 bits per heavy atom. The Hall–Kier alpha value is -2.63. The maximum absolute atomic E-state index is 6.06. The van der Waals surface area contributed by atoms with E-state index < -0.39 is 0 Å². The minimum Gasteiger partial charge on any atom is -0.491 e. The van der Waals surface area contributed by atoms with Crippen LogP contribution >= 0.6 is 0 Å². The third-order valence-electron chi connectivity index (χ3n) is 4.38. The van der Waals surface area contributed by atoms with Gasteiger partial charge in [0.2, 0.25) is 0 Å². The van der Waals surface area contributed by atoms with Crippen LogP contribution < -0.4 is 9.64 Å². The number of nitrogens with zero attached hydrogens (tertiary/aromatic N) is 4. The summed E-state index contributed by atoms with van der Waals surface area (Å²) in [5, 5.41) is 0. The third-order valence-corrected chi connectivity index (χ3v) is 4.38. The van der Waals surface area contributed by atoms with E-state index in [-0.39, 0.29) is 0 Å². The predicted octanol–water partition coefficient (Wildman–Crippen LogP) is 2.71. The number of ether oxygens (including phenoxy) is 1. The van der Waals surface area contributed by atoms with Crippen LogP contribution in [-0.2, 0) is 0 Å². The summed E-state index contributed by atoms with van der Waals surface area (Å²) in [5.41, 5.74) is 2.77. The minimum atomic E-state index is 0.316. The van der Waals surface area contributed by atoms with E-state index >= 15 is 0 Å². The van der Waals surface area contributed by atoms with Gasteiger partial charge < -0.3 is 14.6 Å². The van der Waals surface area contributed by atoms with Gasteiger partial charge in [-0.05, 0) is 31.4 Å². The van der Waals surface area contributed by atoms with Crippen molar-refractivity contribution in [2.24, 2.45) is 0 Å². The van der Waals surface area contributed by atoms with E-state index in [0.717, 1.165) is 42.0 Å². The molecule has 6 heteroatoms. The minimum absolute atomic E-state index is 0.316. The van der Waals surface area contributed by atoms with Crippen molar-refractivity contribution in [1.82, 2.24) is 19.9 Å². The number of rotatable bonds is 4. The van der Waals surface area contributed by atoms with E-state index in [1.165, 1.54) is 0 Å². The van der Waals surface area contributed by atoms with E-state index in [0.29, 0.717) is 18.3 Å². The average Bonchev–Trinajstić information content (AvgIpc) is 3.22. The smallest absolute Gasteiger partial charge is 0.182 e. The molecule has 0 spiro atoms. The summed E-state index contributed by atoms with van der Waals surface area (Å²) in [7, 11) is 0. The molecule has 0 bridgehead atoms. The number of aromatic nitrogens is 4. The second kappa shape index (κ2) is 5.87. The molecule has 3 aromatic rings. The van der Waals surface area contributed by atoms with E-state index in [2.05, 4.69) is 37.8 Å². The van der Waals surface area contributed by atoms with Crippen molar-refractivity contribution < 1.29 is 4.74 Å². The second-order valence-electron chi connectivity index (χ2n) is 5.86. The van der Waals surface area contributed by atoms with Crippen LogP contribution in [0.2, 0.25) is 0 Å². The highest BCUT2D eigenvalue weighted by Crippen LogP contribution is 2.28. The lowest BCUT2D eigenvalue weighted by Gasteiger charge is -2.26. The molecule has 1 aromatic carbocycles. The summed E-state index contributed by atoms with van der Waals surface area (Å²) in [6.45, 7) is 3.71. The molecule has 0 radical (unpaired) electrons. The molecule has 1 aliphatic rings. The first kappa shape index (κ1) is 14.0. The standard InChI is InChI=1S/C17H19N5O/c1-12-5-2-3-7-14(12)23-9-13-6-4-8-22(13)17-15-16(19-10-18-15)20-11-21-17/h2-3,5,7,10-11,13H,4,6,8-9H2,1H3,(H,18,19,20,21)/t13-/m0/s1. The lowest BCUT2D eigenvalue weighted by atomic mass is 10.2. The zero-order valence-electron chi connectivity index (χ0n) is 13.1. The van der Waals surface area contributed by atoms with Crippen molar-refractivity contribution in [2.45, 2.75) is 25.8 Å². The highest BCUT2D eigenvalue weighted by atomic mass is 16.5. The van der Waals surface area contributed by atoms with Gasteiger partial charge in [-0.25, -0.2) is 15.0 Å². The van der Waals surface area contributed by atoms with Gasteiger partial charge in [-0.1, -0.05) is 18.2 Å². The highest BCUT2D eigenvalue weighted by Gasteiger charge is 2.28. The van der Waals surface area contributed by atoms with Crippen LogP contribution in [0, 0.1) is 6.92 Å². The summed E-state index contributed by atoms with van der Waals surface area (Å²) >= 11 is 0. The number of aromatic amines is 1. The van der Waals surface area contributed by atoms with Gasteiger partial charge >= 0.3 is 0 Å². The molecule has 0 unspecified atom stereocenters. The van der Waals surface area contributed by atoms with Gasteiger partial charge in [-0.3, -0.25) is 0 Å². The van der Waals surface area contributed by atoms with Crippen molar-refractivity contribution in [3.05, 3.63) is 42.5 Å². The topological polar surface area (TPSA) is 66.9 Å². The van der Waals surface area contributed by atoms with E-state index in [4.69, 9.17) is 4.74 Å². The van der Waals surface area contributed by atoms with Gasteiger partial charge in [0.15, 0.2) is 11.5 Å². The Kier molecular flexibility index (Phi) is 3.57. The van der Waals surface area contributed by atoms with Crippen LogP contribution in [0.25, 0.3) is 11.2 Å². The number of H-pyrrole nitrogens is 1. The van der Waals surface area contributed by atoms with Gasteiger partial charge in [0.25, 0.3) is 0 Å². The summed E-state index contributed by atoms with van der Waals surface area (Å²) in [6.07, 6.45) is 5.49. The summed E-state index contributed by atoms with van der Waals surface area (Å²) < 4.78 is 6.06. The molecule has 0 aliphatic carbocycles. The Morgan fingerprint density at radius 2 is 2.17 bits per heavy atom. The van der Waals surface area contributed by atoms with Crippen LogP contribution in [-0.4, -0.2) is 39.1 Å². The Labute approximate surface area is 134 Å². The normalized spacial score (nSPS) is 17.8. The van der Waals surface area contributed by atoms with E-state index in [1.54, 1.807) is 12.7 Å². The lowest BCUT2D eigenvalue weighted by Crippen LogP contribution is -2.35. The molecule has 1 atom stereocenters. The SMILES string of the molecule is Cc1ccccc1OC[C@@H]1CCCN1c1ncnc2nc[nH]c12. The molecule has 0 amide bonds. The van der Waals surface area contributed by atoms with E-state index in [9.17, 15) is 0 Å². The fraction of sp³-hybridized carbons (Fsp3) is 0.353. The molecule has 1 N–H and O–H groups in total. The van der Waals surface area contributed by atoms with Crippen molar-refractivity contribution in [3.8, 4) is 5.75 Å².